The zero-order chi connectivity index (χ0) is 12.2. The Bertz CT molecular complexity index is 352. The lowest BCUT2D eigenvalue weighted by Crippen LogP contribution is -2.18. The van der Waals surface area contributed by atoms with Crippen LogP contribution in [-0.4, -0.2) is 24.4 Å². The Balaban J connectivity index is 2.40. The van der Waals surface area contributed by atoms with Gasteiger partial charge in [0.2, 0.25) is 0 Å². The first-order valence-corrected chi connectivity index (χ1v) is 4.74. The van der Waals surface area contributed by atoms with Crippen LogP contribution in [0.15, 0.2) is 12.3 Å². The SMILES string of the molecule is Cc1cnc(N)c(CCOCC(F)(F)F)c1. The predicted octanol–water partition coefficient (Wildman–Crippen LogP) is 2.09. The minimum absolute atomic E-state index is 0.0190. The van der Waals surface area contributed by atoms with E-state index in [9.17, 15) is 13.2 Å². The number of anilines is 1. The summed E-state index contributed by atoms with van der Waals surface area (Å²) in [5.74, 6) is 0.334. The molecule has 1 rings (SSSR count). The van der Waals surface area contributed by atoms with Gasteiger partial charge in [-0.3, -0.25) is 0 Å². The molecule has 0 aromatic carbocycles. The van der Waals surface area contributed by atoms with Gasteiger partial charge in [-0.15, -0.1) is 0 Å². The van der Waals surface area contributed by atoms with Crippen LogP contribution in [0, 0.1) is 6.92 Å². The van der Waals surface area contributed by atoms with Crippen LogP contribution in [0.3, 0.4) is 0 Å². The van der Waals surface area contributed by atoms with E-state index < -0.39 is 12.8 Å². The molecular formula is C10H13F3N2O. The Morgan fingerprint density at radius 1 is 1.44 bits per heavy atom. The molecule has 0 unspecified atom stereocenters. The van der Waals surface area contributed by atoms with Gasteiger partial charge in [-0.25, -0.2) is 4.98 Å². The van der Waals surface area contributed by atoms with Crippen LogP contribution in [0.1, 0.15) is 11.1 Å². The lowest BCUT2D eigenvalue weighted by atomic mass is 10.1. The summed E-state index contributed by atoms with van der Waals surface area (Å²) in [7, 11) is 0. The predicted molar refractivity (Wildman–Crippen MR) is 54.0 cm³/mol. The van der Waals surface area contributed by atoms with Crippen LogP contribution in [-0.2, 0) is 11.2 Å². The number of aromatic nitrogens is 1. The highest BCUT2D eigenvalue weighted by Crippen LogP contribution is 2.15. The third-order valence-corrected chi connectivity index (χ3v) is 1.92. The van der Waals surface area contributed by atoms with Crippen molar-refractivity contribution in [1.82, 2.24) is 4.98 Å². The van der Waals surface area contributed by atoms with E-state index in [-0.39, 0.29) is 6.61 Å². The summed E-state index contributed by atoms with van der Waals surface area (Å²) in [6.07, 6.45) is -2.34. The fraction of sp³-hybridized carbons (Fsp3) is 0.500. The molecule has 0 aliphatic rings. The molecule has 1 heterocycles. The zero-order valence-electron chi connectivity index (χ0n) is 8.84. The molecule has 0 fully saturated rings. The van der Waals surface area contributed by atoms with Gasteiger partial charge in [-0.2, -0.15) is 13.2 Å². The topological polar surface area (TPSA) is 48.1 Å². The van der Waals surface area contributed by atoms with Crippen LogP contribution in [0.4, 0.5) is 19.0 Å². The number of rotatable bonds is 4. The van der Waals surface area contributed by atoms with Crippen LogP contribution in [0.2, 0.25) is 0 Å². The van der Waals surface area contributed by atoms with Gasteiger partial charge in [0.1, 0.15) is 12.4 Å². The Hall–Kier alpha value is -1.30. The van der Waals surface area contributed by atoms with Crippen LogP contribution in [0.25, 0.3) is 0 Å². The number of nitrogen functional groups attached to an aromatic ring is 1. The molecular weight excluding hydrogens is 221 g/mol. The van der Waals surface area contributed by atoms with Crippen molar-refractivity contribution in [3.05, 3.63) is 23.4 Å². The van der Waals surface area contributed by atoms with E-state index in [2.05, 4.69) is 9.72 Å². The van der Waals surface area contributed by atoms with E-state index in [1.54, 1.807) is 12.3 Å². The van der Waals surface area contributed by atoms with Crippen LogP contribution >= 0.6 is 0 Å². The summed E-state index contributed by atoms with van der Waals surface area (Å²) in [6.45, 7) is 0.591. The standard InChI is InChI=1S/C10H13F3N2O/c1-7-4-8(9(14)15-5-7)2-3-16-6-10(11,12)13/h4-5H,2-3,6H2,1H3,(H2,14,15). The lowest BCUT2D eigenvalue weighted by molar-refractivity contribution is -0.173. The van der Waals surface area contributed by atoms with Crippen molar-refractivity contribution in [1.29, 1.82) is 0 Å². The highest BCUT2D eigenvalue weighted by atomic mass is 19.4. The number of nitrogens with two attached hydrogens (primary N) is 1. The van der Waals surface area contributed by atoms with Crippen molar-refractivity contribution >= 4 is 5.82 Å². The van der Waals surface area contributed by atoms with E-state index in [1.165, 1.54) is 0 Å². The number of aryl methyl sites for hydroxylation is 1. The number of nitrogens with zero attached hydrogens (tertiary/aromatic N) is 1. The number of ether oxygens (including phenoxy) is 1. The summed E-state index contributed by atoms with van der Waals surface area (Å²) in [5, 5.41) is 0. The second kappa shape index (κ2) is 5.16. The van der Waals surface area contributed by atoms with Crippen LogP contribution in [0.5, 0.6) is 0 Å². The monoisotopic (exact) mass is 234 g/mol. The highest BCUT2D eigenvalue weighted by molar-refractivity contribution is 5.40. The molecule has 0 atom stereocenters. The number of hydrogen-bond acceptors (Lipinski definition) is 3. The zero-order valence-corrected chi connectivity index (χ0v) is 8.84. The molecule has 0 saturated heterocycles. The maximum atomic E-state index is 11.8. The van der Waals surface area contributed by atoms with Crippen molar-refractivity contribution in [3.8, 4) is 0 Å². The first kappa shape index (κ1) is 12.8. The first-order chi connectivity index (χ1) is 7.38. The maximum Gasteiger partial charge on any atom is 0.411 e. The summed E-state index contributed by atoms with van der Waals surface area (Å²) >= 11 is 0. The molecule has 2 N–H and O–H groups in total. The number of halogens is 3. The van der Waals surface area contributed by atoms with Crippen molar-refractivity contribution in [2.45, 2.75) is 19.5 Å². The normalized spacial score (nSPS) is 11.8. The summed E-state index contributed by atoms with van der Waals surface area (Å²) in [6, 6.07) is 1.79. The van der Waals surface area contributed by atoms with Crippen molar-refractivity contribution in [2.24, 2.45) is 0 Å². The van der Waals surface area contributed by atoms with Gasteiger partial charge in [0.25, 0.3) is 0 Å². The second-order valence-electron chi connectivity index (χ2n) is 3.47. The van der Waals surface area contributed by atoms with E-state index in [0.717, 1.165) is 5.56 Å². The minimum atomic E-state index is -4.28. The molecule has 90 valence electrons. The maximum absolute atomic E-state index is 11.8. The molecule has 3 nitrogen and oxygen atoms in total. The van der Waals surface area contributed by atoms with Gasteiger partial charge < -0.3 is 10.5 Å². The van der Waals surface area contributed by atoms with Gasteiger partial charge in [0.05, 0.1) is 6.61 Å². The van der Waals surface area contributed by atoms with E-state index >= 15 is 0 Å². The third kappa shape index (κ3) is 4.48. The van der Waals surface area contributed by atoms with Crippen molar-refractivity contribution < 1.29 is 17.9 Å². The summed E-state index contributed by atoms with van der Waals surface area (Å²) in [5.41, 5.74) is 7.20. The number of alkyl halides is 3. The Labute approximate surface area is 91.4 Å². The van der Waals surface area contributed by atoms with Gasteiger partial charge in [-0.1, -0.05) is 6.07 Å². The van der Waals surface area contributed by atoms with E-state index in [0.29, 0.717) is 17.8 Å². The van der Waals surface area contributed by atoms with Gasteiger partial charge in [-0.05, 0) is 24.5 Å². The van der Waals surface area contributed by atoms with Gasteiger partial charge in [0, 0.05) is 6.20 Å². The fourth-order valence-corrected chi connectivity index (χ4v) is 1.21. The molecule has 0 saturated carbocycles. The Kier molecular flexibility index (Phi) is 4.12. The lowest BCUT2D eigenvalue weighted by Gasteiger charge is -2.08. The van der Waals surface area contributed by atoms with E-state index in [4.69, 9.17) is 5.73 Å². The smallest absolute Gasteiger partial charge is 0.383 e. The van der Waals surface area contributed by atoms with Gasteiger partial charge in [0.15, 0.2) is 0 Å². The fourth-order valence-electron chi connectivity index (χ4n) is 1.21. The Morgan fingerprint density at radius 2 is 2.12 bits per heavy atom. The largest absolute Gasteiger partial charge is 0.411 e. The molecule has 1 aromatic rings. The second-order valence-corrected chi connectivity index (χ2v) is 3.47. The summed E-state index contributed by atoms with van der Waals surface area (Å²) in [4.78, 5) is 3.91. The summed E-state index contributed by atoms with van der Waals surface area (Å²) < 4.78 is 39.8. The molecule has 0 spiro atoms. The number of hydrogen-bond donors (Lipinski definition) is 1. The molecule has 1 aromatic heterocycles. The average molecular weight is 234 g/mol. The third-order valence-electron chi connectivity index (χ3n) is 1.92. The molecule has 0 aliphatic carbocycles. The Morgan fingerprint density at radius 3 is 2.75 bits per heavy atom. The number of pyridine rings is 1. The molecule has 16 heavy (non-hydrogen) atoms. The van der Waals surface area contributed by atoms with E-state index in [1.807, 2.05) is 6.92 Å². The highest BCUT2D eigenvalue weighted by Gasteiger charge is 2.27. The quantitative estimate of drug-likeness (QED) is 0.811. The average Bonchev–Trinajstić information content (AvgIpc) is 2.16. The van der Waals surface area contributed by atoms with Gasteiger partial charge >= 0.3 is 6.18 Å². The molecule has 0 radical (unpaired) electrons. The molecule has 6 heteroatoms. The first-order valence-electron chi connectivity index (χ1n) is 4.74. The van der Waals surface area contributed by atoms with Crippen molar-refractivity contribution in [3.63, 3.8) is 0 Å². The molecule has 0 bridgehead atoms. The van der Waals surface area contributed by atoms with Crippen LogP contribution < -0.4 is 5.73 Å². The molecule has 0 aliphatic heterocycles. The minimum Gasteiger partial charge on any atom is -0.383 e. The van der Waals surface area contributed by atoms with Crippen molar-refractivity contribution in [2.75, 3.05) is 18.9 Å². The molecule has 0 amide bonds.